The van der Waals surface area contributed by atoms with Gasteiger partial charge in [0.25, 0.3) is 5.91 Å². The first-order chi connectivity index (χ1) is 7.65. The van der Waals surface area contributed by atoms with Gasteiger partial charge in [-0.15, -0.1) is 0 Å². The van der Waals surface area contributed by atoms with E-state index in [-0.39, 0.29) is 11.4 Å². The van der Waals surface area contributed by atoms with E-state index >= 15 is 0 Å². The Kier molecular flexibility index (Phi) is 3.33. The highest BCUT2D eigenvalue weighted by molar-refractivity contribution is 9.09. The van der Waals surface area contributed by atoms with Gasteiger partial charge in [-0.05, 0) is 12.8 Å². The Morgan fingerprint density at radius 2 is 2.31 bits per heavy atom. The standard InChI is InChI=1S/C11H16BrN3O/c1-15-6-9(13-8-15)10(16)14-11(7-12)4-2-3-5-11/h6,8H,2-5,7H2,1H3,(H,14,16). The van der Waals surface area contributed by atoms with Crippen LogP contribution >= 0.6 is 15.9 Å². The molecule has 16 heavy (non-hydrogen) atoms. The van der Waals surface area contributed by atoms with Crippen molar-refractivity contribution >= 4 is 21.8 Å². The fourth-order valence-electron chi connectivity index (χ4n) is 2.18. The first-order valence-corrected chi connectivity index (χ1v) is 6.64. The molecule has 5 heteroatoms. The third-order valence-corrected chi connectivity index (χ3v) is 4.21. The Morgan fingerprint density at radius 3 is 2.81 bits per heavy atom. The normalized spacial score (nSPS) is 18.6. The van der Waals surface area contributed by atoms with Crippen LogP contribution in [0.5, 0.6) is 0 Å². The van der Waals surface area contributed by atoms with Crippen LogP contribution in [0.3, 0.4) is 0 Å². The summed E-state index contributed by atoms with van der Waals surface area (Å²) >= 11 is 3.50. The van der Waals surface area contributed by atoms with Crippen molar-refractivity contribution < 1.29 is 4.79 Å². The number of aryl methyl sites for hydroxylation is 1. The molecule has 0 aliphatic heterocycles. The molecule has 0 saturated heterocycles. The number of hydrogen-bond acceptors (Lipinski definition) is 2. The lowest BCUT2D eigenvalue weighted by Crippen LogP contribution is -2.47. The number of alkyl halides is 1. The summed E-state index contributed by atoms with van der Waals surface area (Å²) in [6.45, 7) is 0. The van der Waals surface area contributed by atoms with Crippen molar-refractivity contribution in [3.63, 3.8) is 0 Å². The molecule has 0 aromatic carbocycles. The quantitative estimate of drug-likeness (QED) is 0.862. The molecule has 0 radical (unpaired) electrons. The zero-order chi connectivity index (χ0) is 11.6. The van der Waals surface area contributed by atoms with Gasteiger partial charge in [-0.25, -0.2) is 4.98 Å². The second kappa shape index (κ2) is 4.57. The second-order valence-electron chi connectivity index (χ2n) is 4.50. The monoisotopic (exact) mass is 285 g/mol. The van der Waals surface area contributed by atoms with Gasteiger partial charge < -0.3 is 9.88 Å². The highest BCUT2D eigenvalue weighted by atomic mass is 79.9. The van der Waals surface area contributed by atoms with Crippen LogP contribution in [-0.2, 0) is 7.05 Å². The lowest BCUT2D eigenvalue weighted by atomic mass is 10.0. The first-order valence-electron chi connectivity index (χ1n) is 5.52. The van der Waals surface area contributed by atoms with Crippen LogP contribution in [-0.4, -0.2) is 26.3 Å². The largest absolute Gasteiger partial charge is 0.344 e. The average Bonchev–Trinajstić information content (AvgIpc) is 2.88. The van der Waals surface area contributed by atoms with Gasteiger partial charge in [-0.1, -0.05) is 28.8 Å². The van der Waals surface area contributed by atoms with Crippen molar-refractivity contribution in [2.45, 2.75) is 31.2 Å². The Bertz CT molecular complexity index is 382. The van der Waals surface area contributed by atoms with E-state index in [1.54, 1.807) is 17.1 Å². The van der Waals surface area contributed by atoms with Gasteiger partial charge in [-0.2, -0.15) is 0 Å². The minimum Gasteiger partial charge on any atom is -0.344 e. The highest BCUT2D eigenvalue weighted by Crippen LogP contribution is 2.31. The smallest absolute Gasteiger partial charge is 0.271 e. The number of halogens is 1. The van der Waals surface area contributed by atoms with Crippen LogP contribution in [0.2, 0.25) is 0 Å². The molecule has 1 amide bonds. The predicted molar refractivity (Wildman–Crippen MR) is 65.7 cm³/mol. The first kappa shape index (κ1) is 11.6. The summed E-state index contributed by atoms with van der Waals surface area (Å²) in [7, 11) is 1.86. The zero-order valence-corrected chi connectivity index (χ0v) is 11.0. The predicted octanol–water partition coefficient (Wildman–Crippen LogP) is 1.86. The van der Waals surface area contributed by atoms with Crippen LogP contribution in [0.15, 0.2) is 12.5 Å². The number of amides is 1. The summed E-state index contributed by atoms with van der Waals surface area (Å²) in [4.78, 5) is 16.0. The molecule has 4 nitrogen and oxygen atoms in total. The van der Waals surface area contributed by atoms with E-state index in [1.807, 2.05) is 7.05 Å². The van der Waals surface area contributed by atoms with E-state index < -0.39 is 0 Å². The summed E-state index contributed by atoms with van der Waals surface area (Å²) in [6.07, 6.45) is 7.87. The minimum atomic E-state index is -0.0676. The maximum Gasteiger partial charge on any atom is 0.271 e. The molecule has 88 valence electrons. The summed E-state index contributed by atoms with van der Waals surface area (Å²) in [6, 6.07) is 0. The van der Waals surface area contributed by atoms with E-state index in [9.17, 15) is 4.79 Å². The van der Waals surface area contributed by atoms with Gasteiger partial charge in [0.1, 0.15) is 5.69 Å². The second-order valence-corrected chi connectivity index (χ2v) is 5.06. The summed E-state index contributed by atoms with van der Waals surface area (Å²) in [5.41, 5.74) is 0.434. The number of hydrogen-bond donors (Lipinski definition) is 1. The molecule has 2 rings (SSSR count). The van der Waals surface area contributed by atoms with Gasteiger partial charge in [0.15, 0.2) is 0 Å². The number of rotatable bonds is 3. The van der Waals surface area contributed by atoms with Gasteiger partial charge in [-0.3, -0.25) is 4.79 Å². The van der Waals surface area contributed by atoms with E-state index in [4.69, 9.17) is 0 Å². The summed E-state index contributed by atoms with van der Waals surface area (Å²) < 4.78 is 1.78. The van der Waals surface area contributed by atoms with Crippen molar-refractivity contribution in [1.82, 2.24) is 14.9 Å². The Labute approximate surface area is 104 Å². The van der Waals surface area contributed by atoms with Gasteiger partial charge in [0.05, 0.1) is 11.9 Å². The third-order valence-electron chi connectivity index (χ3n) is 3.13. The molecule has 0 bridgehead atoms. The van der Waals surface area contributed by atoms with Crippen molar-refractivity contribution in [2.24, 2.45) is 7.05 Å². The Morgan fingerprint density at radius 1 is 1.62 bits per heavy atom. The van der Waals surface area contributed by atoms with Crippen molar-refractivity contribution in [3.05, 3.63) is 18.2 Å². The summed E-state index contributed by atoms with van der Waals surface area (Å²) in [5.74, 6) is -0.0676. The molecule has 1 fully saturated rings. The highest BCUT2D eigenvalue weighted by Gasteiger charge is 2.34. The maximum atomic E-state index is 12.0. The van der Waals surface area contributed by atoms with Crippen LogP contribution < -0.4 is 5.32 Å². The molecule has 1 aliphatic rings. The summed E-state index contributed by atoms with van der Waals surface area (Å²) in [5, 5.41) is 3.93. The van der Waals surface area contributed by atoms with Gasteiger partial charge in [0, 0.05) is 18.6 Å². The van der Waals surface area contributed by atoms with E-state index in [2.05, 4.69) is 26.2 Å². The third kappa shape index (κ3) is 2.29. The van der Waals surface area contributed by atoms with Gasteiger partial charge >= 0.3 is 0 Å². The number of carbonyl (C=O) groups excluding carboxylic acids is 1. The molecule has 1 aromatic heterocycles. The molecular formula is C11H16BrN3O. The number of carbonyl (C=O) groups is 1. The average molecular weight is 286 g/mol. The molecule has 0 unspecified atom stereocenters. The van der Waals surface area contributed by atoms with E-state index in [0.29, 0.717) is 5.69 Å². The van der Waals surface area contributed by atoms with Crippen LogP contribution in [0.4, 0.5) is 0 Å². The lowest BCUT2D eigenvalue weighted by Gasteiger charge is -2.27. The Balaban J connectivity index is 2.06. The molecule has 1 heterocycles. The van der Waals surface area contributed by atoms with Crippen molar-refractivity contribution in [2.75, 3.05) is 5.33 Å². The minimum absolute atomic E-state index is 0.0609. The number of imidazole rings is 1. The SMILES string of the molecule is Cn1cnc(C(=O)NC2(CBr)CCCC2)c1. The lowest BCUT2D eigenvalue weighted by molar-refractivity contribution is 0.0905. The number of aromatic nitrogens is 2. The number of nitrogens with one attached hydrogen (secondary N) is 1. The maximum absolute atomic E-state index is 12.0. The van der Waals surface area contributed by atoms with Crippen molar-refractivity contribution in [1.29, 1.82) is 0 Å². The Hall–Kier alpha value is -0.840. The van der Waals surface area contributed by atoms with E-state index in [0.717, 1.165) is 18.2 Å². The van der Waals surface area contributed by atoms with Crippen LogP contribution in [0.1, 0.15) is 36.2 Å². The zero-order valence-electron chi connectivity index (χ0n) is 9.37. The molecule has 0 spiro atoms. The van der Waals surface area contributed by atoms with Gasteiger partial charge in [0.2, 0.25) is 0 Å². The van der Waals surface area contributed by atoms with E-state index in [1.165, 1.54) is 12.8 Å². The number of nitrogens with zero attached hydrogens (tertiary/aromatic N) is 2. The van der Waals surface area contributed by atoms with Crippen LogP contribution in [0, 0.1) is 0 Å². The topological polar surface area (TPSA) is 46.9 Å². The fourth-order valence-corrected chi connectivity index (χ4v) is 2.88. The molecule has 1 saturated carbocycles. The molecule has 1 N–H and O–H groups in total. The van der Waals surface area contributed by atoms with Crippen molar-refractivity contribution in [3.8, 4) is 0 Å². The molecular weight excluding hydrogens is 270 g/mol. The molecule has 1 aliphatic carbocycles. The molecule has 1 aromatic rings. The fraction of sp³-hybridized carbons (Fsp3) is 0.636. The molecule has 0 atom stereocenters. The van der Waals surface area contributed by atoms with Crippen LogP contribution in [0.25, 0.3) is 0 Å².